The molecule has 0 fully saturated rings. The van der Waals surface area contributed by atoms with E-state index in [1.807, 2.05) is 0 Å². The van der Waals surface area contributed by atoms with E-state index in [1.165, 1.54) is 36.4 Å². The Bertz CT molecular complexity index is 784. The summed E-state index contributed by atoms with van der Waals surface area (Å²) in [5, 5.41) is 0.418. The van der Waals surface area contributed by atoms with Crippen molar-refractivity contribution in [1.29, 1.82) is 0 Å². The second kappa shape index (κ2) is 6.75. The van der Waals surface area contributed by atoms with Crippen LogP contribution in [0.2, 0.25) is 5.02 Å². The molecule has 2 aromatic carbocycles. The summed E-state index contributed by atoms with van der Waals surface area (Å²) in [5.74, 6) is -0.429. The van der Waals surface area contributed by atoms with Gasteiger partial charge in [-0.25, -0.2) is 17.5 Å². The molecule has 0 saturated heterocycles. The molecule has 21 heavy (non-hydrogen) atoms. The normalized spacial score (nSPS) is 11.6. The summed E-state index contributed by atoms with van der Waals surface area (Å²) in [4.78, 5) is 0.0753. The maximum absolute atomic E-state index is 13.2. The van der Waals surface area contributed by atoms with Crippen LogP contribution in [0.3, 0.4) is 0 Å². The molecule has 0 aliphatic heterocycles. The lowest BCUT2D eigenvalue weighted by Crippen LogP contribution is -2.23. The van der Waals surface area contributed by atoms with Gasteiger partial charge in [-0.1, -0.05) is 27.5 Å². The van der Waals surface area contributed by atoms with E-state index in [4.69, 9.17) is 11.6 Å². The van der Waals surface area contributed by atoms with Crippen LogP contribution in [0.15, 0.2) is 50.2 Å². The third-order valence-corrected chi connectivity index (χ3v) is 6.05. The molecule has 0 amide bonds. The first kappa shape index (κ1) is 16.9. The second-order valence-electron chi connectivity index (χ2n) is 4.14. The van der Waals surface area contributed by atoms with E-state index >= 15 is 0 Å². The molecule has 0 aromatic heterocycles. The summed E-state index contributed by atoms with van der Waals surface area (Å²) in [7, 11) is -3.71. The number of halogens is 4. The zero-order chi connectivity index (χ0) is 15.6. The van der Waals surface area contributed by atoms with E-state index < -0.39 is 15.8 Å². The van der Waals surface area contributed by atoms with Crippen molar-refractivity contribution in [1.82, 2.24) is 4.72 Å². The molecule has 112 valence electrons. The molecule has 0 spiro atoms. The highest BCUT2D eigenvalue weighted by Gasteiger charge is 2.16. The Hall–Kier alpha value is -0.470. The summed E-state index contributed by atoms with van der Waals surface area (Å²) >= 11 is 12.3. The van der Waals surface area contributed by atoms with E-state index in [0.717, 1.165) is 0 Å². The van der Waals surface area contributed by atoms with Crippen molar-refractivity contribution < 1.29 is 12.8 Å². The monoisotopic (exact) mass is 455 g/mol. The van der Waals surface area contributed by atoms with E-state index in [0.29, 0.717) is 19.5 Å². The fourth-order valence-corrected chi connectivity index (χ4v) is 3.65. The number of rotatable bonds is 4. The average Bonchev–Trinajstić information content (AvgIpc) is 2.43. The fraction of sp³-hybridized carbons (Fsp3) is 0.0769. The van der Waals surface area contributed by atoms with Gasteiger partial charge in [0.05, 0.1) is 9.92 Å². The molecule has 0 atom stereocenters. The van der Waals surface area contributed by atoms with Crippen LogP contribution < -0.4 is 4.72 Å². The molecular weight excluding hydrogens is 448 g/mol. The topological polar surface area (TPSA) is 46.2 Å². The molecule has 0 saturated carbocycles. The van der Waals surface area contributed by atoms with Crippen molar-refractivity contribution >= 4 is 53.5 Å². The summed E-state index contributed by atoms with van der Waals surface area (Å²) < 4.78 is 41.1. The number of sulfonamides is 1. The van der Waals surface area contributed by atoms with Crippen LogP contribution in [0.4, 0.5) is 4.39 Å². The largest absolute Gasteiger partial charge is 0.240 e. The number of benzene rings is 2. The van der Waals surface area contributed by atoms with Gasteiger partial charge in [-0.05, 0) is 57.9 Å². The Kier molecular flexibility index (Phi) is 5.43. The highest BCUT2D eigenvalue weighted by molar-refractivity contribution is 9.10. The summed E-state index contributed by atoms with van der Waals surface area (Å²) in [6, 6.07) is 8.38. The van der Waals surface area contributed by atoms with Crippen LogP contribution in [0.1, 0.15) is 5.56 Å². The lowest BCUT2D eigenvalue weighted by Gasteiger charge is -2.09. The third kappa shape index (κ3) is 4.26. The highest BCUT2D eigenvalue weighted by Crippen LogP contribution is 2.25. The lowest BCUT2D eigenvalue weighted by atomic mass is 10.2. The molecule has 0 aliphatic carbocycles. The number of nitrogens with one attached hydrogen (secondary N) is 1. The molecule has 0 heterocycles. The minimum atomic E-state index is -3.71. The van der Waals surface area contributed by atoms with Gasteiger partial charge in [-0.2, -0.15) is 0 Å². The third-order valence-electron chi connectivity index (χ3n) is 2.66. The van der Waals surface area contributed by atoms with Gasteiger partial charge in [0.2, 0.25) is 10.0 Å². The second-order valence-corrected chi connectivity index (χ2v) is 8.02. The molecule has 8 heteroatoms. The van der Waals surface area contributed by atoms with E-state index in [2.05, 4.69) is 36.6 Å². The van der Waals surface area contributed by atoms with Crippen LogP contribution in [0.25, 0.3) is 0 Å². The molecule has 1 N–H and O–H groups in total. The van der Waals surface area contributed by atoms with Gasteiger partial charge in [0.1, 0.15) is 5.82 Å². The minimum absolute atomic E-state index is 0.0269. The van der Waals surface area contributed by atoms with Crippen LogP contribution >= 0.6 is 43.5 Å². The summed E-state index contributed by atoms with van der Waals surface area (Å²) in [6.07, 6.45) is 0. The Labute approximate surface area is 143 Å². The van der Waals surface area contributed by atoms with Crippen LogP contribution in [0, 0.1) is 5.82 Å². The van der Waals surface area contributed by atoms with Crippen molar-refractivity contribution in [3.63, 3.8) is 0 Å². The fourth-order valence-electron chi connectivity index (χ4n) is 1.58. The SMILES string of the molecule is O=S(=O)(NCc1cc(F)ccc1Br)c1ccc(Cl)c(Br)c1. The first-order chi connectivity index (χ1) is 9.79. The van der Waals surface area contributed by atoms with Gasteiger partial charge >= 0.3 is 0 Å². The van der Waals surface area contributed by atoms with Gasteiger partial charge in [0, 0.05) is 15.5 Å². The zero-order valence-corrected chi connectivity index (χ0v) is 15.2. The number of hydrogen-bond donors (Lipinski definition) is 1. The van der Waals surface area contributed by atoms with Crippen molar-refractivity contribution in [3.05, 3.63) is 61.7 Å². The zero-order valence-electron chi connectivity index (χ0n) is 10.4. The molecule has 2 aromatic rings. The molecule has 0 aliphatic rings. The Balaban J connectivity index is 2.21. The lowest BCUT2D eigenvalue weighted by molar-refractivity contribution is 0.580. The summed E-state index contributed by atoms with van der Waals surface area (Å²) in [6.45, 7) is -0.0269. The number of hydrogen-bond acceptors (Lipinski definition) is 2. The van der Waals surface area contributed by atoms with Crippen molar-refractivity contribution in [2.45, 2.75) is 11.4 Å². The molecule has 0 bridgehead atoms. The standard InChI is InChI=1S/C13H9Br2ClFNO2S/c14-11-3-1-9(17)5-8(11)7-18-21(19,20)10-2-4-13(16)12(15)6-10/h1-6,18H,7H2. The Morgan fingerprint density at radius 1 is 1.10 bits per heavy atom. The molecule has 3 nitrogen and oxygen atoms in total. The predicted molar refractivity (Wildman–Crippen MR) is 87.3 cm³/mol. The van der Waals surface area contributed by atoms with E-state index in [-0.39, 0.29) is 11.4 Å². The van der Waals surface area contributed by atoms with Crippen molar-refractivity contribution in [2.24, 2.45) is 0 Å². The highest BCUT2D eigenvalue weighted by atomic mass is 79.9. The van der Waals surface area contributed by atoms with Gasteiger partial charge < -0.3 is 0 Å². The van der Waals surface area contributed by atoms with E-state index in [1.54, 1.807) is 0 Å². The van der Waals surface area contributed by atoms with Gasteiger partial charge in [-0.3, -0.25) is 0 Å². The predicted octanol–water partition coefficient (Wildman–Crippen LogP) is 4.48. The quantitative estimate of drug-likeness (QED) is 0.736. The van der Waals surface area contributed by atoms with Crippen LogP contribution in [-0.4, -0.2) is 8.42 Å². The maximum Gasteiger partial charge on any atom is 0.240 e. The Morgan fingerprint density at radius 3 is 2.48 bits per heavy atom. The average molecular weight is 458 g/mol. The first-order valence-corrected chi connectivity index (χ1v) is 9.13. The molecule has 2 rings (SSSR count). The van der Waals surface area contributed by atoms with Crippen LogP contribution in [0.5, 0.6) is 0 Å². The minimum Gasteiger partial charge on any atom is -0.207 e. The maximum atomic E-state index is 13.2. The molecular formula is C13H9Br2ClFNO2S. The first-order valence-electron chi connectivity index (χ1n) is 5.68. The summed E-state index contributed by atoms with van der Waals surface area (Å²) in [5.41, 5.74) is 0.506. The van der Waals surface area contributed by atoms with E-state index in [9.17, 15) is 12.8 Å². The smallest absolute Gasteiger partial charge is 0.207 e. The van der Waals surface area contributed by atoms with Gasteiger partial charge in [0.25, 0.3) is 0 Å². The van der Waals surface area contributed by atoms with Crippen LogP contribution in [-0.2, 0) is 16.6 Å². The van der Waals surface area contributed by atoms with Crippen molar-refractivity contribution in [3.8, 4) is 0 Å². The van der Waals surface area contributed by atoms with Gasteiger partial charge in [0.15, 0.2) is 0 Å². The Morgan fingerprint density at radius 2 is 1.81 bits per heavy atom. The molecule has 0 radical (unpaired) electrons. The molecule has 0 unspecified atom stereocenters. The van der Waals surface area contributed by atoms with Gasteiger partial charge in [-0.15, -0.1) is 0 Å². The van der Waals surface area contributed by atoms with Crippen molar-refractivity contribution in [2.75, 3.05) is 0 Å².